The van der Waals surface area contributed by atoms with Gasteiger partial charge in [-0.05, 0) is 37.6 Å². The van der Waals surface area contributed by atoms with E-state index in [-0.39, 0.29) is 0 Å². The zero-order chi connectivity index (χ0) is 21.7. The Bertz CT molecular complexity index is 1440. The normalized spacial score (nSPS) is 14.5. The van der Waals surface area contributed by atoms with E-state index in [0.717, 1.165) is 40.8 Å². The van der Waals surface area contributed by atoms with Crippen LogP contribution in [-0.2, 0) is 4.74 Å². The summed E-state index contributed by atoms with van der Waals surface area (Å²) in [4.78, 5) is 20.3. The smallest absolute Gasteiger partial charge is 0.239 e. The molecule has 0 spiro atoms. The largest absolute Gasteiger partial charge is 0.378 e. The van der Waals surface area contributed by atoms with Crippen LogP contribution in [0.25, 0.3) is 39.1 Å². The van der Waals surface area contributed by atoms with Crippen LogP contribution < -0.4 is 4.90 Å². The van der Waals surface area contributed by atoms with Crippen LogP contribution in [0.3, 0.4) is 0 Å². The molecule has 0 bridgehead atoms. The van der Waals surface area contributed by atoms with E-state index in [1.807, 2.05) is 12.3 Å². The third-order valence-corrected chi connectivity index (χ3v) is 6.37. The van der Waals surface area contributed by atoms with Crippen molar-refractivity contribution in [2.75, 3.05) is 31.2 Å². The van der Waals surface area contributed by atoms with E-state index in [0.29, 0.717) is 30.9 Å². The molecule has 1 aliphatic heterocycles. The van der Waals surface area contributed by atoms with Crippen molar-refractivity contribution in [1.29, 1.82) is 0 Å². The number of hydrogen-bond acceptors (Lipinski definition) is 5. The molecule has 0 amide bonds. The lowest BCUT2D eigenvalue weighted by atomic mass is 10.1. The molecule has 1 fully saturated rings. The molecule has 2 aromatic carbocycles. The first-order valence-corrected chi connectivity index (χ1v) is 10.9. The Hall–Kier alpha value is -3.71. The van der Waals surface area contributed by atoms with Crippen molar-refractivity contribution in [3.63, 3.8) is 0 Å². The van der Waals surface area contributed by atoms with E-state index in [4.69, 9.17) is 19.7 Å². The highest BCUT2D eigenvalue weighted by Gasteiger charge is 2.21. The summed E-state index contributed by atoms with van der Waals surface area (Å²) in [5, 5.41) is 2.32. The summed E-state index contributed by atoms with van der Waals surface area (Å²) in [6, 6.07) is 16.7. The topological polar surface area (TPSA) is 71.9 Å². The van der Waals surface area contributed by atoms with E-state index in [2.05, 4.69) is 70.8 Å². The van der Waals surface area contributed by atoms with Crippen LogP contribution in [0.2, 0.25) is 0 Å². The fourth-order valence-corrected chi connectivity index (χ4v) is 4.55. The molecule has 160 valence electrons. The number of benzene rings is 2. The number of rotatable bonds is 3. The highest BCUT2D eigenvalue weighted by atomic mass is 16.5. The molecule has 0 atom stereocenters. The average molecular weight is 425 g/mol. The van der Waals surface area contributed by atoms with Crippen molar-refractivity contribution >= 4 is 27.8 Å². The number of morpholine rings is 1. The summed E-state index contributed by atoms with van der Waals surface area (Å²) in [5.74, 6) is 2.01. The minimum absolute atomic E-state index is 0.644. The molecule has 3 aromatic heterocycles. The van der Waals surface area contributed by atoms with Crippen molar-refractivity contribution in [3.05, 3.63) is 66.0 Å². The Morgan fingerprint density at radius 2 is 1.66 bits per heavy atom. The molecule has 0 radical (unpaired) electrons. The predicted octanol–water partition coefficient (Wildman–Crippen LogP) is 4.42. The molecule has 4 heterocycles. The molecule has 1 saturated heterocycles. The zero-order valence-electron chi connectivity index (χ0n) is 18.2. The van der Waals surface area contributed by atoms with Crippen molar-refractivity contribution < 1.29 is 4.74 Å². The van der Waals surface area contributed by atoms with Crippen LogP contribution in [0.15, 0.2) is 54.7 Å². The van der Waals surface area contributed by atoms with Gasteiger partial charge in [0.15, 0.2) is 5.82 Å². The molecule has 1 aliphatic rings. The quantitative estimate of drug-likeness (QED) is 0.464. The SMILES string of the molecule is Cc1c(C)n(-c2nc(-c3cccc4[nH]ccc34)nc(N3CCOCC3)n2)c2ccccc12. The second-order valence-electron chi connectivity index (χ2n) is 8.17. The first-order valence-electron chi connectivity index (χ1n) is 10.9. The van der Waals surface area contributed by atoms with Crippen LogP contribution in [0, 0.1) is 13.8 Å². The molecule has 6 rings (SSSR count). The molecule has 0 unspecified atom stereocenters. The Kier molecular flexibility index (Phi) is 4.43. The molecule has 7 heteroatoms. The van der Waals surface area contributed by atoms with E-state index >= 15 is 0 Å². The number of aromatic nitrogens is 5. The zero-order valence-corrected chi connectivity index (χ0v) is 18.2. The number of aromatic amines is 1. The van der Waals surface area contributed by atoms with Gasteiger partial charge in [0.25, 0.3) is 0 Å². The summed E-state index contributed by atoms with van der Waals surface area (Å²) in [6.45, 7) is 7.16. The van der Waals surface area contributed by atoms with Crippen LogP contribution >= 0.6 is 0 Å². The molecule has 5 aromatic rings. The second kappa shape index (κ2) is 7.46. The van der Waals surface area contributed by atoms with E-state index in [1.165, 1.54) is 10.9 Å². The van der Waals surface area contributed by atoms with Crippen LogP contribution in [0.5, 0.6) is 0 Å². The van der Waals surface area contributed by atoms with Gasteiger partial charge in [-0.3, -0.25) is 4.57 Å². The third-order valence-electron chi connectivity index (χ3n) is 6.37. The van der Waals surface area contributed by atoms with Crippen molar-refractivity contribution in [2.24, 2.45) is 0 Å². The maximum Gasteiger partial charge on any atom is 0.239 e. The van der Waals surface area contributed by atoms with Crippen molar-refractivity contribution in [2.45, 2.75) is 13.8 Å². The molecular formula is C25H24N6O. The Balaban J connectivity index is 1.62. The van der Waals surface area contributed by atoms with Gasteiger partial charge in [-0.1, -0.05) is 30.3 Å². The van der Waals surface area contributed by atoms with Gasteiger partial charge in [-0.2, -0.15) is 15.0 Å². The third kappa shape index (κ3) is 2.97. The van der Waals surface area contributed by atoms with Gasteiger partial charge in [-0.25, -0.2) is 0 Å². The van der Waals surface area contributed by atoms with E-state index in [1.54, 1.807) is 0 Å². The Morgan fingerprint density at radius 3 is 2.53 bits per heavy atom. The Labute approximate surface area is 185 Å². The fourth-order valence-electron chi connectivity index (χ4n) is 4.55. The number of ether oxygens (including phenoxy) is 1. The summed E-state index contributed by atoms with van der Waals surface area (Å²) in [6.07, 6.45) is 1.95. The van der Waals surface area contributed by atoms with E-state index < -0.39 is 0 Å². The molecule has 0 saturated carbocycles. The number of nitrogens with one attached hydrogen (secondary N) is 1. The maximum atomic E-state index is 5.56. The van der Waals surface area contributed by atoms with Crippen molar-refractivity contribution in [1.82, 2.24) is 24.5 Å². The van der Waals surface area contributed by atoms with Crippen LogP contribution in [-0.4, -0.2) is 50.8 Å². The Morgan fingerprint density at radius 1 is 0.844 bits per heavy atom. The van der Waals surface area contributed by atoms with Gasteiger partial charge < -0.3 is 14.6 Å². The lowest BCUT2D eigenvalue weighted by Gasteiger charge is -2.27. The van der Waals surface area contributed by atoms with Gasteiger partial charge in [0.05, 0.1) is 18.7 Å². The number of nitrogens with zero attached hydrogens (tertiary/aromatic N) is 5. The number of anilines is 1. The fraction of sp³-hybridized carbons (Fsp3) is 0.240. The number of hydrogen-bond donors (Lipinski definition) is 1. The summed E-state index contributed by atoms with van der Waals surface area (Å²) in [5.41, 5.74) is 5.54. The molecule has 0 aliphatic carbocycles. The summed E-state index contributed by atoms with van der Waals surface area (Å²) in [7, 11) is 0. The van der Waals surface area contributed by atoms with Crippen LogP contribution in [0.4, 0.5) is 5.95 Å². The molecular weight excluding hydrogens is 400 g/mol. The standard InChI is InChI=1S/C25H24N6O/c1-16-17(2)31(22-9-4-3-6-18(16)22)25-28-23(20-7-5-8-21-19(20)10-11-26-21)27-24(29-25)30-12-14-32-15-13-30/h3-11,26H,12-15H2,1-2H3. The van der Waals surface area contributed by atoms with Crippen molar-refractivity contribution in [3.8, 4) is 17.3 Å². The number of fused-ring (bicyclic) bond motifs is 2. The molecule has 1 N–H and O–H groups in total. The second-order valence-corrected chi connectivity index (χ2v) is 8.17. The number of H-pyrrole nitrogens is 1. The number of aryl methyl sites for hydroxylation is 1. The van der Waals surface area contributed by atoms with E-state index in [9.17, 15) is 0 Å². The average Bonchev–Trinajstić information content (AvgIpc) is 3.42. The minimum Gasteiger partial charge on any atom is -0.378 e. The lowest BCUT2D eigenvalue weighted by molar-refractivity contribution is 0.122. The lowest BCUT2D eigenvalue weighted by Crippen LogP contribution is -2.37. The summed E-state index contributed by atoms with van der Waals surface area (Å²) >= 11 is 0. The molecule has 7 nitrogen and oxygen atoms in total. The summed E-state index contributed by atoms with van der Waals surface area (Å²) < 4.78 is 7.71. The maximum absolute atomic E-state index is 5.56. The van der Waals surface area contributed by atoms with Crippen LogP contribution in [0.1, 0.15) is 11.3 Å². The monoisotopic (exact) mass is 424 g/mol. The van der Waals surface area contributed by atoms with Gasteiger partial charge in [0.2, 0.25) is 11.9 Å². The number of para-hydroxylation sites is 1. The van der Waals surface area contributed by atoms with Gasteiger partial charge in [0.1, 0.15) is 0 Å². The molecule has 32 heavy (non-hydrogen) atoms. The first-order chi connectivity index (χ1) is 15.7. The first kappa shape index (κ1) is 19.0. The predicted molar refractivity (Wildman–Crippen MR) is 126 cm³/mol. The minimum atomic E-state index is 0.644. The highest BCUT2D eigenvalue weighted by Crippen LogP contribution is 2.31. The van der Waals surface area contributed by atoms with Gasteiger partial charge >= 0.3 is 0 Å². The van der Waals surface area contributed by atoms with Gasteiger partial charge in [0, 0.05) is 46.8 Å². The van der Waals surface area contributed by atoms with Gasteiger partial charge in [-0.15, -0.1) is 0 Å². The highest BCUT2D eigenvalue weighted by molar-refractivity contribution is 5.93.